The summed E-state index contributed by atoms with van der Waals surface area (Å²) in [7, 11) is 1.93. The molecule has 2 aromatic rings. The zero-order chi connectivity index (χ0) is 14.5. The van der Waals surface area contributed by atoms with Crippen molar-refractivity contribution in [3.63, 3.8) is 0 Å². The zero-order valence-corrected chi connectivity index (χ0v) is 14.3. The van der Waals surface area contributed by atoms with Crippen LogP contribution in [0.3, 0.4) is 0 Å². The Morgan fingerprint density at radius 3 is 2.85 bits per heavy atom. The zero-order valence-electron chi connectivity index (χ0n) is 11.9. The van der Waals surface area contributed by atoms with Crippen LogP contribution in [0.4, 0.5) is 0 Å². The van der Waals surface area contributed by atoms with Crippen LogP contribution in [0.15, 0.2) is 33.8 Å². The number of hydrogen-bond acceptors (Lipinski definition) is 4. The molecule has 2 rings (SSSR count). The summed E-state index contributed by atoms with van der Waals surface area (Å²) in [5, 5.41) is 11.6. The number of rotatable bonds is 6. The Morgan fingerprint density at radius 1 is 1.45 bits per heavy atom. The quantitative estimate of drug-likeness (QED) is 0.808. The van der Waals surface area contributed by atoms with Gasteiger partial charge in [-0.25, -0.2) is 4.68 Å². The third kappa shape index (κ3) is 3.84. The number of benzene rings is 1. The summed E-state index contributed by atoms with van der Waals surface area (Å²) in [6.07, 6.45) is 0. The second-order valence-electron chi connectivity index (χ2n) is 4.63. The van der Waals surface area contributed by atoms with Crippen LogP contribution in [0.5, 0.6) is 0 Å². The van der Waals surface area contributed by atoms with Crippen molar-refractivity contribution in [2.45, 2.75) is 24.8 Å². The van der Waals surface area contributed by atoms with Crippen LogP contribution in [0.2, 0.25) is 0 Å². The van der Waals surface area contributed by atoms with Crippen LogP contribution in [0.25, 0.3) is 0 Å². The third-order valence-electron chi connectivity index (χ3n) is 3.01. The van der Waals surface area contributed by atoms with Crippen molar-refractivity contribution in [1.82, 2.24) is 20.3 Å². The van der Waals surface area contributed by atoms with Gasteiger partial charge in [0.1, 0.15) is 0 Å². The minimum absolute atomic E-state index is 0.222. The van der Waals surface area contributed by atoms with E-state index in [1.165, 1.54) is 10.5 Å². The van der Waals surface area contributed by atoms with E-state index >= 15 is 0 Å². The summed E-state index contributed by atoms with van der Waals surface area (Å²) >= 11 is 5.33. The van der Waals surface area contributed by atoms with Gasteiger partial charge < -0.3 is 5.32 Å². The minimum atomic E-state index is 0.222. The van der Waals surface area contributed by atoms with Gasteiger partial charge in [-0.1, -0.05) is 29.8 Å². The summed E-state index contributed by atoms with van der Waals surface area (Å²) in [5.74, 6) is 0.942. The van der Waals surface area contributed by atoms with E-state index in [4.69, 9.17) is 0 Å². The number of nitrogens with one attached hydrogen (secondary N) is 1. The number of thioether (sulfide) groups is 1. The molecule has 6 heteroatoms. The van der Waals surface area contributed by atoms with E-state index in [1.807, 2.05) is 23.5 Å². The molecule has 0 bridgehead atoms. The molecule has 20 heavy (non-hydrogen) atoms. The molecule has 0 spiro atoms. The lowest BCUT2D eigenvalue weighted by Gasteiger charge is -2.18. The smallest absolute Gasteiger partial charge is 0.153 e. The normalized spacial score (nSPS) is 12.6. The van der Waals surface area contributed by atoms with Crippen molar-refractivity contribution in [2.75, 3.05) is 12.3 Å². The molecule has 0 saturated heterocycles. The first kappa shape index (κ1) is 15.5. The predicted octanol–water partition coefficient (Wildman–Crippen LogP) is 3.33. The van der Waals surface area contributed by atoms with Crippen LogP contribution in [0, 0.1) is 6.92 Å². The maximum atomic E-state index is 4.07. The van der Waals surface area contributed by atoms with Gasteiger partial charge in [0.15, 0.2) is 4.60 Å². The number of aromatic nitrogens is 3. The molecule has 0 saturated carbocycles. The highest BCUT2D eigenvalue weighted by Crippen LogP contribution is 2.28. The van der Waals surface area contributed by atoms with Crippen LogP contribution in [-0.4, -0.2) is 27.3 Å². The molecule has 1 unspecified atom stereocenters. The van der Waals surface area contributed by atoms with E-state index in [0.29, 0.717) is 0 Å². The first-order valence-corrected chi connectivity index (χ1v) is 8.37. The van der Waals surface area contributed by atoms with Gasteiger partial charge in [-0.2, -0.15) is 0 Å². The van der Waals surface area contributed by atoms with Gasteiger partial charge in [-0.3, -0.25) is 0 Å². The fraction of sp³-hybridized carbons (Fsp3) is 0.429. The molecule has 108 valence electrons. The topological polar surface area (TPSA) is 42.7 Å². The maximum absolute atomic E-state index is 4.07. The molecule has 0 aliphatic heterocycles. The molecule has 1 N–H and O–H groups in total. The Hall–Kier alpha value is -0.850. The standard InChI is InChI=1S/C14H19BrN4S/c1-4-16-12(13-14(15)17-18-19(13)3)9-20-11-7-5-6-10(2)8-11/h5-8,12,16H,4,9H2,1-3H3. The SMILES string of the molecule is CCNC(CSc1cccc(C)c1)c1c(Br)nnn1C. The molecular weight excluding hydrogens is 336 g/mol. The molecule has 1 aromatic heterocycles. The average molecular weight is 355 g/mol. The lowest BCUT2D eigenvalue weighted by Crippen LogP contribution is -2.25. The van der Waals surface area contributed by atoms with Gasteiger partial charge in [0.25, 0.3) is 0 Å². The van der Waals surface area contributed by atoms with Crippen LogP contribution in [-0.2, 0) is 7.05 Å². The van der Waals surface area contributed by atoms with E-state index in [2.05, 4.69) is 69.7 Å². The monoisotopic (exact) mass is 354 g/mol. The Bertz CT molecular complexity index is 551. The van der Waals surface area contributed by atoms with Crippen LogP contribution in [0.1, 0.15) is 24.2 Å². The molecule has 0 aliphatic rings. The number of nitrogens with zero attached hydrogens (tertiary/aromatic N) is 3. The van der Waals surface area contributed by atoms with Crippen molar-refractivity contribution in [3.05, 3.63) is 40.1 Å². The van der Waals surface area contributed by atoms with E-state index < -0.39 is 0 Å². The van der Waals surface area contributed by atoms with Crippen molar-refractivity contribution in [2.24, 2.45) is 7.05 Å². The van der Waals surface area contributed by atoms with E-state index in [9.17, 15) is 0 Å². The van der Waals surface area contributed by atoms with Gasteiger partial charge in [0.05, 0.1) is 11.7 Å². The third-order valence-corrected chi connectivity index (χ3v) is 4.67. The summed E-state index contributed by atoms with van der Waals surface area (Å²) in [6.45, 7) is 5.14. The van der Waals surface area contributed by atoms with Crippen molar-refractivity contribution >= 4 is 27.7 Å². The molecule has 0 aliphatic carbocycles. The van der Waals surface area contributed by atoms with Gasteiger partial charge in [0.2, 0.25) is 0 Å². The molecule has 0 fully saturated rings. The second-order valence-corrected chi connectivity index (χ2v) is 6.47. The molecule has 1 atom stereocenters. The minimum Gasteiger partial charge on any atom is -0.308 e. The van der Waals surface area contributed by atoms with E-state index in [1.54, 1.807) is 0 Å². The fourth-order valence-corrected chi connectivity index (χ4v) is 3.76. The van der Waals surface area contributed by atoms with Gasteiger partial charge in [-0.05, 0) is 41.5 Å². The number of halogens is 1. The van der Waals surface area contributed by atoms with Crippen LogP contribution < -0.4 is 5.32 Å². The molecule has 0 amide bonds. The lowest BCUT2D eigenvalue weighted by molar-refractivity contribution is 0.548. The highest BCUT2D eigenvalue weighted by Gasteiger charge is 2.19. The molecule has 4 nitrogen and oxygen atoms in total. The summed E-state index contributed by atoms with van der Waals surface area (Å²) in [4.78, 5) is 1.29. The second kappa shape index (κ2) is 7.24. The molecule has 1 aromatic carbocycles. The summed E-state index contributed by atoms with van der Waals surface area (Å²) in [5.41, 5.74) is 2.38. The van der Waals surface area contributed by atoms with E-state index in [0.717, 1.165) is 22.6 Å². The largest absolute Gasteiger partial charge is 0.308 e. The first-order chi connectivity index (χ1) is 9.61. The lowest BCUT2D eigenvalue weighted by atomic mass is 10.2. The van der Waals surface area contributed by atoms with Gasteiger partial charge >= 0.3 is 0 Å². The maximum Gasteiger partial charge on any atom is 0.153 e. The van der Waals surface area contributed by atoms with Crippen LogP contribution >= 0.6 is 27.7 Å². The van der Waals surface area contributed by atoms with Crippen molar-refractivity contribution < 1.29 is 0 Å². The van der Waals surface area contributed by atoms with Gasteiger partial charge in [0, 0.05) is 17.7 Å². The van der Waals surface area contributed by atoms with Gasteiger partial charge in [-0.15, -0.1) is 16.9 Å². The summed E-state index contributed by atoms with van der Waals surface area (Å²) in [6, 6.07) is 8.80. The van der Waals surface area contributed by atoms with Crippen molar-refractivity contribution in [3.8, 4) is 0 Å². The predicted molar refractivity (Wildman–Crippen MR) is 87.0 cm³/mol. The highest BCUT2D eigenvalue weighted by molar-refractivity contribution is 9.10. The fourth-order valence-electron chi connectivity index (χ4n) is 2.07. The molecule has 0 radical (unpaired) electrons. The molecule has 1 heterocycles. The highest BCUT2D eigenvalue weighted by atomic mass is 79.9. The Morgan fingerprint density at radius 2 is 2.25 bits per heavy atom. The average Bonchev–Trinajstić information content (AvgIpc) is 2.75. The number of hydrogen-bond donors (Lipinski definition) is 1. The van der Waals surface area contributed by atoms with E-state index in [-0.39, 0.29) is 6.04 Å². The first-order valence-electron chi connectivity index (χ1n) is 6.59. The summed E-state index contributed by atoms with van der Waals surface area (Å²) < 4.78 is 2.64. The molecular formula is C14H19BrN4S. The Kier molecular flexibility index (Phi) is 5.63. The Labute approximate surface area is 132 Å². The van der Waals surface area contributed by atoms with Crippen molar-refractivity contribution in [1.29, 1.82) is 0 Å². The Balaban J connectivity index is 2.10. The number of aryl methyl sites for hydroxylation is 2.